The SMILES string of the molecule is CC(=O)OCC[C@H]1C[C@H](CCOCc2ccccc2)OC(C)(C)O1. The summed E-state index contributed by atoms with van der Waals surface area (Å²) < 4.78 is 22.6. The molecule has 0 bridgehead atoms. The van der Waals surface area contributed by atoms with Crippen LogP contribution in [0.3, 0.4) is 0 Å². The van der Waals surface area contributed by atoms with E-state index < -0.39 is 5.79 Å². The van der Waals surface area contributed by atoms with Crippen molar-refractivity contribution in [2.75, 3.05) is 13.2 Å². The largest absolute Gasteiger partial charge is 0.466 e. The standard InChI is InChI=1S/C19H28O5/c1-15(20)22-12-10-18-13-17(23-19(2,3)24-18)9-11-21-14-16-7-5-4-6-8-16/h4-8,17-18H,9-14H2,1-3H3/t17-,18-/m0/s1. The van der Waals surface area contributed by atoms with Crippen LogP contribution in [0.1, 0.15) is 45.6 Å². The third-order valence-electron chi connectivity index (χ3n) is 3.87. The maximum absolute atomic E-state index is 10.9. The van der Waals surface area contributed by atoms with E-state index in [1.807, 2.05) is 32.0 Å². The van der Waals surface area contributed by atoms with Crippen molar-refractivity contribution in [2.24, 2.45) is 0 Å². The molecule has 24 heavy (non-hydrogen) atoms. The van der Waals surface area contributed by atoms with Crippen molar-refractivity contribution in [3.05, 3.63) is 35.9 Å². The van der Waals surface area contributed by atoms with Gasteiger partial charge in [-0.2, -0.15) is 0 Å². The average molecular weight is 336 g/mol. The second-order valence-corrected chi connectivity index (χ2v) is 6.57. The van der Waals surface area contributed by atoms with Gasteiger partial charge in [0.05, 0.1) is 25.4 Å². The van der Waals surface area contributed by atoms with Crippen LogP contribution in [0.25, 0.3) is 0 Å². The molecule has 0 spiro atoms. The minimum Gasteiger partial charge on any atom is -0.466 e. The molecule has 2 atom stereocenters. The number of ether oxygens (including phenoxy) is 4. The van der Waals surface area contributed by atoms with Crippen molar-refractivity contribution >= 4 is 5.97 Å². The van der Waals surface area contributed by atoms with Crippen molar-refractivity contribution in [1.82, 2.24) is 0 Å². The summed E-state index contributed by atoms with van der Waals surface area (Å²) >= 11 is 0. The Kier molecular flexibility index (Phi) is 7.21. The molecule has 0 radical (unpaired) electrons. The van der Waals surface area contributed by atoms with Gasteiger partial charge in [0.25, 0.3) is 0 Å². The van der Waals surface area contributed by atoms with E-state index in [1.165, 1.54) is 12.5 Å². The molecule has 0 N–H and O–H groups in total. The number of benzene rings is 1. The van der Waals surface area contributed by atoms with Gasteiger partial charge in [-0.15, -0.1) is 0 Å². The van der Waals surface area contributed by atoms with Crippen LogP contribution in [0.15, 0.2) is 30.3 Å². The van der Waals surface area contributed by atoms with E-state index in [0.29, 0.717) is 26.2 Å². The van der Waals surface area contributed by atoms with Gasteiger partial charge in [0.2, 0.25) is 0 Å². The number of rotatable bonds is 8. The Morgan fingerprint density at radius 3 is 2.38 bits per heavy atom. The van der Waals surface area contributed by atoms with Crippen molar-refractivity contribution in [1.29, 1.82) is 0 Å². The van der Waals surface area contributed by atoms with E-state index in [-0.39, 0.29) is 18.2 Å². The molecule has 1 aromatic carbocycles. The summed E-state index contributed by atoms with van der Waals surface area (Å²) in [4.78, 5) is 10.9. The van der Waals surface area contributed by atoms with Crippen LogP contribution in [0.2, 0.25) is 0 Å². The van der Waals surface area contributed by atoms with Crippen LogP contribution < -0.4 is 0 Å². The maximum atomic E-state index is 10.9. The summed E-state index contributed by atoms with van der Waals surface area (Å²) in [5.74, 6) is -0.879. The Balaban J connectivity index is 1.71. The predicted molar refractivity (Wildman–Crippen MR) is 90.4 cm³/mol. The van der Waals surface area contributed by atoms with Crippen LogP contribution in [0.5, 0.6) is 0 Å². The highest BCUT2D eigenvalue weighted by Gasteiger charge is 2.35. The molecular weight excluding hydrogens is 308 g/mol. The Morgan fingerprint density at radius 2 is 1.75 bits per heavy atom. The van der Waals surface area contributed by atoms with Gasteiger partial charge in [-0.05, 0) is 25.8 Å². The second-order valence-electron chi connectivity index (χ2n) is 6.57. The Bertz CT molecular complexity index is 500. The lowest BCUT2D eigenvalue weighted by molar-refractivity contribution is -0.302. The topological polar surface area (TPSA) is 54.0 Å². The number of hydrogen-bond donors (Lipinski definition) is 0. The molecule has 0 amide bonds. The molecule has 5 nitrogen and oxygen atoms in total. The predicted octanol–water partition coefficient (Wildman–Crippen LogP) is 3.46. The number of hydrogen-bond acceptors (Lipinski definition) is 5. The molecule has 2 rings (SSSR count). The lowest BCUT2D eigenvalue weighted by atomic mass is 10.0. The van der Waals surface area contributed by atoms with E-state index in [4.69, 9.17) is 18.9 Å². The van der Waals surface area contributed by atoms with Crippen molar-refractivity contribution < 1.29 is 23.7 Å². The average Bonchev–Trinajstić information content (AvgIpc) is 2.51. The summed E-state index contributed by atoms with van der Waals surface area (Å²) in [6.45, 7) is 6.90. The molecule has 1 heterocycles. The Labute approximate surface area is 144 Å². The molecule has 1 aliphatic heterocycles. The van der Waals surface area contributed by atoms with Gasteiger partial charge in [0.1, 0.15) is 0 Å². The quantitative estimate of drug-likeness (QED) is 0.537. The summed E-state index contributed by atoms with van der Waals surface area (Å²) in [7, 11) is 0. The van der Waals surface area contributed by atoms with Crippen molar-refractivity contribution in [3.63, 3.8) is 0 Å². The molecule has 1 saturated heterocycles. The van der Waals surface area contributed by atoms with E-state index in [0.717, 1.165) is 12.8 Å². The molecule has 0 saturated carbocycles. The fourth-order valence-electron chi connectivity index (χ4n) is 2.89. The highest BCUT2D eigenvalue weighted by Crippen LogP contribution is 2.29. The maximum Gasteiger partial charge on any atom is 0.302 e. The van der Waals surface area contributed by atoms with Crippen LogP contribution >= 0.6 is 0 Å². The first-order valence-electron chi connectivity index (χ1n) is 8.55. The van der Waals surface area contributed by atoms with Gasteiger partial charge in [0, 0.05) is 26.4 Å². The molecule has 5 heteroatoms. The highest BCUT2D eigenvalue weighted by molar-refractivity contribution is 5.65. The van der Waals surface area contributed by atoms with Crippen molar-refractivity contribution in [2.45, 2.75) is 64.6 Å². The van der Waals surface area contributed by atoms with Gasteiger partial charge in [0.15, 0.2) is 5.79 Å². The summed E-state index contributed by atoms with van der Waals surface area (Å²) in [6, 6.07) is 10.1. The molecule has 1 aromatic rings. The third-order valence-corrected chi connectivity index (χ3v) is 3.87. The van der Waals surface area contributed by atoms with Gasteiger partial charge in [-0.1, -0.05) is 30.3 Å². The molecule has 134 valence electrons. The fourth-order valence-corrected chi connectivity index (χ4v) is 2.89. The minimum absolute atomic E-state index is 0.0345. The minimum atomic E-state index is -0.622. The van der Waals surface area contributed by atoms with Gasteiger partial charge < -0.3 is 18.9 Å². The van der Waals surface area contributed by atoms with Crippen LogP contribution in [0, 0.1) is 0 Å². The summed E-state index contributed by atoms with van der Waals surface area (Å²) in [6.07, 6.45) is 2.43. The molecule has 0 unspecified atom stereocenters. The number of carbonyl (C=O) groups excluding carboxylic acids is 1. The van der Waals surface area contributed by atoms with Crippen LogP contribution in [0.4, 0.5) is 0 Å². The van der Waals surface area contributed by atoms with E-state index >= 15 is 0 Å². The normalized spacial score (nSPS) is 23.0. The molecular formula is C19H28O5. The zero-order valence-corrected chi connectivity index (χ0v) is 14.8. The third kappa shape index (κ3) is 6.99. The molecule has 0 aromatic heterocycles. The fraction of sp³-hybridized carbons (Fsp3) is 0.632. The first kappa shape index (κ1) is 18.9. The van der Waals surface area contributed by atoms with Gasteiger partial charge >= 0.3 is 5.97 Å². The number of carbonyl (C=O) groups is 1. The smallest absolute Gasteiger partial charge is 0.302 e. The Hall–Kier alpha value is -1.43. The zero-order valence-electron chi connectivity index (χ0n) is 14.8. The first-order chi connectivity index (χ1) is 11.4. The lowest BCUT2D eigenvalue weighted by Gasteiger charge is -2.41. The van der Waals surface area contributed by atoms with E-state index in [9.17, 15) is 4.79 Å². The van der Waals surface area contributed by atoms with Gasteiger partial charge in [-0.25, -0.2) is 0 Å². The monoisotopic (exact) mass is 336 g/mol. The van der Waals surface area contributed by atoms with E-state index in [1.54, 1.807) is 0 Å². The highest BCUT2D eigenvalue weighted by atomic mass is 16.7. The molecule has 1 aliphatic rings. The molecule has 1 fully saturated rings. The van der Waals surface area contributed by atoms with E-state index in [2.05, 4.69) is 12.1 Å². The first-order valence-corrected chi connectivity index (χ1v) is 8.55. The van der Waals surface area contributed by atoms with Crippen LogP contribution in [-0.4, -0.2) is 37.2 Å². The molecule has 0 aliphatic carbocycles. The lowest BCUT2D eigenvalue weighted by Crippen LogP contribution is -2.45. The van der Waals surface area contributed by atoms with Gasteiger partial charge in [-0.3, -0.25) is 4.79 Å². The second kappa shape index (κ2) is 9.16. The van der Waals surface area contributed by atoms with Crippen LogP contribution in [-0.2, 0) is 30.3 Å². The summed E-state index contributed by atoms with van der Waals surface area (Å²) in [5.41, 5.74) is 1.17. The summed E-state index contributed by atoms with van der Waals surface area (Å²) in [5, 5.41) is 0. The van der Waals surface area contributed by atoms with Crippen molar-refractivity contribution in [3.8, 4) is 0 Å². The number of esters is 1. The Morgan fingerprint density at radius 1 is 1.12 bits per heavy atom. The zero-order chi connectivity index (χ0) is 17.4.